The van der Waals surface area contributed by atoms with Crippen molar-refractivity contribution in [1.82, 2.24) is 10.3 Å². The van der Waals surface area contributed by atoms with E-state index in [2.05, 4.69) is 15.7 Å². The van der Waals surface area contributed by atoms with Gasteiger partial charge in [-0.2, -0.15) is 0 Å². The Morgan fingerprint density at radius 2 is 2.31 bits per heavy atom. The topological polar surface area (TPSA) is 41.3 Å². The molecule has 0 atom stereocenters. The van der Waals surface area contributed by atoms with Crippen molar-refractivity contribution < 1.29 is 4.42 Å². The van der Waals surface area contributed by atoms with Crippen LogP contribution in [0.15, 0.2) is 28.4 Å². The SMILES string of the molecule is CN(C)c1nc(CNCc2ccoc2)cs1. The number of nitrogens with one attached hydrogen (secondary N) is 1. The van der Waals surface area contributed by atoms with Crippen LogP contribution in [0.3, 0.4) is 0 Å². The predicted octanol–water partition coefficient (Wildman–Crippen LogP) is 2.09. The number of rotatable bonds is 5. The van der Waals surface area contributed by atoms with Crippen molar-refractivity contribution in [2.75, 3.05) is 19.0 Å². The Morgan fingerprint density at radius 3 is 2.94 bits per heavy atom. The Balaban J connectivity index is 1.81. The van der Waals surface area contributed by atoms with Gasteiger partial charge in [-0.25, -0.2) is 4.98 Å². The molecule has 2 aromatic heterocycles. The lowest BCUT2D eigenvalue weighted by atomic mass is 10.3. The predicted molar refractivity (Wildman–Crippen MR) is 65.7 cm³/mol. The fourth-order valence-corrected chi connectivity index (χ4v) is 2.07. The van der Waals surface area contributed by atoms with Gasteiger partial charge in [0.05, 0.1) is 18.2 Å². The molecule has 4 nitrogen and oxygen atoms in total. The maximum Gasteiger partial charge on any atom is 0.185 e. The number of aromatic nitrogens is 1. The summed E-state index contributed by atoms with van der Waals surface area (Å²) in [5.74, 6) is 0. The minimum absolute atomic E-state index is 0.787. The van der Waals surface area contributed by atoms with Gasteiger partial charge in [0.25, 0.3) is 0 Å². The molecule has 0 aliphatic rings. The maximum atomic E-state index is 4.99. The highest BCUT2D eigenvalue weighted by Gasteiger charge is 2.03. The van der Waals surface area contributed by atoms with Gasteiger partial charge in [0, 0.05) is 38.1 Å². The minimum Gasteiger partial charge on any atom is -0.472 e. The second kappa shape index (κ2) is 5.14. The Bertz CT molecular complexity index is 422. The van der Waals surface area contributed by atoms with Crippen LogP contribution in [0.4, 0.5) is 5.13 Å². The summed E-state index contributed by atoms with van der Waals surface area (Å²) in [4.78, 5) is 6.51. The average molecular weight is 237 g/mol. The fraction of sp³-hybridized carbons (Fsp3) is 0.364. The zero-order chi connectivity index (χ0) is 11.4. The zero-order valence-corrected chi connectivity index (χ0v) is 10.3. The molecule has 0 amide bonds. The van der Waals surface area contributed by atoms with E-state index in [-0.39, 0.29) is 0 Å². The maximum absolute atomic E-state index is 4.99. The summed E-state index contributed by atoms with van der Waals surface area (Å²) >= 11 is 1.66. The van der Waals surface area contributed by atoms with Crippen molar-refractivity contribution in [1.29, 1.82) is 0 Å². The van der Waals surface area contributed by atoms with Crippen LogP contribution >= 0.6 is 11.3 Å². The highest BCUT2D eigenvalue weighted by molar-refractivity contribution is 7.13. The molecule has 2 aromatic rings. The van der Waals surface area contributed by atoms with E-state index in [1.165, 1.54) is 0 Å². The fourth-order valence-electron chi connectivity index (χ4n) is 1.31. The van der Waals surface area contributed by atoms with Gasteiger partial charge in [-0.3, -0.25) is 0 Å². The normalized spacial score (nSPS) is 10.6. The number of nitrogens with zero attached hydrogens (tertiary/aromatic N) is 2. The number of hydrogen-bond acceptors (Lipinski definition) is 5. The lowest BCUT2D eigenvalue weighted by Gasteiger charge is -2.05. The van der Waals surface area contributed by atoms with Crippen molar-refractivity contribution in [3.63, 3.8) is 0 Å². The smallest absolute Gasteiger partial charge is 0.185 e. The summed E-state index contributed by atoms with van der Waals surface area (Å²) in [7, 11) is 4.00. The monoisotopic (exact) mass is 237 g/mol. The first-order valence-electron chi connectivity index (χ1n) is 5.09. The molecular formula is C11H15N3OS. The molecule has 0 spiro atoms. The lowest BCUT2D eigenvalue weighted by molar-refractivity contribution is 0.560. The lowest BCUT2D eigenvalue weighted by Crippen LogP contribution is -2.13. The first-order chi connectivity index (χ1) is 7.75. The van der Waals surface area contributed by atoms with E-state index in [1.807, 2.05) is 25.1 Å². The number of thiazole rings is 1. The van der Waals surface area contributed by atoms with Crippen LogP contribution in [0, 0.1) is 0 Å². The Labute approximate surface area is 98.9 Å². The molecule has 0 aliphatic carbocycles. The van der Waals surface area contributed by atoms with E-state index in [9.17, 15) is 0 Å². The van der Waals surface area contributed by atoms with Gasteiger partial charge >= 0.3 is 0 Å². The molecule has 0 aliphatic heterocycles. The van der Waals surface area contributed by atoms with E-state index in [4.69, 9.17) is 4.42 Å². The second-order valence-corrected chi connectivity index (χ2v) is 4.59. The first kappa shape index (κ1) is 11.2. The second-order valence-electron chi connectivity index (χ2n) is 3.75. The third kappa shape index (κ3) is 2.84. The van der Waals surface area contributed by atoms with Crippen molar-refractivity contribution in [3.8, 4) is 0 Å². The summed E-state index contributed by atoms with van der Waals surface area (Å²) in [6.07, 6.45) is 3.43. The van der Waals surface area contributed by atoms with Gasteiger partial charge in [0.15, 0.2) is 5.13 Å². The highest BCUT2D eigenvalue weighted by atomic mass is 32.1. The number of furan rings is 1. The van der Waals surface area contributed by atoms with Gasteiger partial charge in [-0.1, -0.05) is 0 Å². The third-order valence-corrected chi connectivity index (χ3v) is 3.19. The average Bonchev–Trinajstić information content (AvgIpc) is 2.87. The van der Waals surface area contributed by atoms with E-state index >= 15 is 0 Å². The molecule has 1 N–H and O–H groups in total. The van der Waals surface area contributed by atoms with E-state index in [0.29, 0.717) is 0 Å². The van der Waals surface area contributed by atoms with Gasteiger partial charge in [0.1, 0.15) is 0 Å². The van der Waals surface area contributed by atoms with Crippen molar-refractivity contribution in [3.05, 3.63) is 35.2 Å². The molecule has 2 rings (SSSR count). The Kier molecular flexibility index (Phi) is 3.58. The summed E-state index contributed by atoms with van der Waals surface area (Å²) in [6.45, 7) is 1.60. The molecule has 0 unspecified atom stereocenters. The van der Waals surface area contributed by atoms with Crippen LogP contribution in [-0.4, -0.2) is 19.1 Å². The van der Waals surface area contributed by atoms with E-state index in [1.54, 1.807) is 23.9 Å². The quantitative estimate of drug-likeness (QED) is 0.864. The van der Waals surface area contributed by atoms with Crippen LogP contribution in [0.2, 0.25) is 0 Å². The third-order valence-electron chi connectivity index (χ3n) is 2.14. The van der Waals surface area contributed by atoms with Gasteiger partial charge in [0.2, 0.25) is 0 Å². The summed E-state index contributed by atoms with van der Waals surface area (Å²) < 4.78 is 4.99. The van der Waals surface area contributed by atoms with Crippen LogP contribution < -0.4 is 10.2 Å². The van der Waals surface area contributed by atoms with Gasteiger partial charge < -0.3 is 14.6 Å². The molecule has 5 heteroatoms. The van der Waals surface area contributed by atoms with Crippen molar-refractivity contribution >= 4 is 16.5 Å². The van der Waals surface area contributed by atoms with Gasteiger partial charge in [-0.15, -0.1) is 11.3 Å². The molecular weight excluding hydrogens is 222 g/mol. The van der Waals surface area contributed by atoms with Crippen LogP contribution in [0.5, 0.6) is 0 Å². The van der Waals surface area contributed by atoms with Crippen LogP contribution in [0.1, 0.15) is 11.3 Å². The minimum atomic E-state index is 0.787. The van der Waals surface area contributed by atoms with Crippen molar-refractivity contribution in [2.24, 2.45) is 0 Å². The molecule has 0 saturated heterocycles. The first-order valence-corrected chi connectivity index (χ1v) is 5.97. The summed E-state index contributed by atoms with van der Waals surface area (Å²) in [5, 5.41) is 6.44. The molecule has 0 radical (unpaired) electrons. The molecule has 0 bridgehead atoms. The number of anilines is 1. The highest BCUT2D eigenvalue weighted by Crippen LogP contribution is 2.17. The molecule has 16 heavy (non-hydrogen) atoms. The molecule has 0 aromatic carbocycles. The Hall–Kier alpha value is -1.33. The summed E-state index contributed by atoms with van der Waals surface area (Å²) in [6, 6.07) is 1.96. The van der Waals surface area contributed by atoms with Crippen LogP contribution in [0.25, 0.3) is 0 Å². The Morgan fingerprint density at radius 1 is 1.44 bits per heavy atom. The summed E-state index contributed by atoms with van der Waals surface area (Å²) in [5.41, 5.74) is 2.24. The van der Waals surface area contributed by atoms with E-state index in [0.717, 1.165) is 29.5 Å². The standard InChI is InChI=1S/C11H15N3OS/c1-14(2)11-13-10(8-16-11)6-12-5-9-3-4-15-7-9/h3-4,7-8,12H,5-6H2,1-2H3. The van der Waals surface area contributed by atoms with Gasteiger partial charge in [-0.05, 0) is 6.07 Å². The molecule has 0 fully saturated rings. The van der Waals surface area contributed by atoms with E-state index < -0.39 is 0 Å². The molecule has 2 heterocycles. The van der Waals surface area contributed by atoms with Crippen molar-refractivity contribution in [2.45, 2.75) is 13.1 Å². The number of hydrogen-bond donors (Lipinski definition) is 1. The molecule has 86 valence electrons. The largest absolute Gasteiger partial charge is 0.472 e. The molecule has 0 saturated carbocycles. The zero-order valence-electron chi connectivity index (χ0n) is 9.43. The van der Waals surface area contributed by atoms with Crippen LogP contribution in [-0.2, 0) is 13.1 Å².